The Hall–Kier alpha value is -12.6. The maximum Gasteiger partial charge on any atom is 0.407 e. The van der Waals surface area contributed by atoms with Gasteiger partial charge < -0.3 is 81.1 Å². The van der Waals surface area contributed by atoms with E-state index in [2.05, 4.69) is 101 Å². The number of benzene rings is 2. The van der Waals surface area contributed by atoms with Crippen LogP contribution >= 0.6 is 0 Å². The summed E-state index contributed by atoms with van der Waals surface area (Å²) in [5.74, 6) is -4.89. The highest BCUT2D eigenvalue weighted by Gasteiger charge is 2.28. The Kier molecular flexibility index (Phi) is 36.4. The first-order chi connectivity index (χ1) is 58.3. The molecule has 650 valence electrons. The number of amides is 2. The fraction of sp³-hybridized carbons (Fsp3) is 0.374. The molecule has 27 nitrogen and oxygen atoms in total. The van der Waals surface area contributed by atoms with Gasteiger partial charge in [-0.1, -0.05) is 18.2 Å². The summed E-state index contributed by atoms with van der Waals surface area (Å²) in [7, 11) is 3.80. The molecule has 1 unspecified atom stereocenters. The first-order valence-corrected chi connectivity index (χ1v) is 40.3. The van der Waals surface area contributed by atoms with Crippen molar-refractivity contribution in [2.45, 2.75) is 198 Å². The number of hydrogen-bond acceptors (Lipinski definition) is 19. The number of halogens is 4. The Balaban J connectivity index is 0.000000176. The van der Waals surface area contributed by atoms with E-state index in [9.17, 15) is 51.1 Å². The number of alkyl carbamates (subject to hydrolysis) is 2. The van der Waals surface area contributed by atoms with Crippen molar-refractivity contribution in [3.05, 3.63) is 256 Å². The van der Waals surface area contributed by atoms with Gasteiger partial charge in [0, 0.05) is 126 Å². The van der Waals surface area contributed by atoms with Crippen LogP contribution in [-0.2, 0) is 51.2 Å². The smallest absolute Gasteiger partial charge is 0.407 e. The molecule has 13 N–H and O–H groups in total. The second-order valence-corrected chi connectivity index (χ2v) is 31.3. The minimum Gasteiger partial charge on any atom is -0.504 e. The number of fused-ring (bicyclic) bond motifs is 4. The van der Waals surface area contributed by atoms with E-state index in [-0.39, 0.29) is 54.3 Å². The minimum absolute atomic E-state index is 0.0306. The van der Waals surface area contributed by atoms with E-state index in [1.54, 1.807) is 12.4 Å². The molecule has 3 saturated carbocycles. The van der Waals surface area contributed by atoms with Gasteiger partial charge in [-0.15, -0.1) is 0 Å². The van der Waals surface area contributed by atoms with Crippen LogP contribution in [0.15, 0.2) is 194 Å². The molecule has 0 aliphatic heterocycles. The van der Waals surface area contributed by atoms with Crippen molar-refractivity contribution in [3.8, 4) is 0 Å². The molecule has 0 bridgehead atoms. The molecular weight excluding hydrogens is 1570 g/mol. The molecule has 1 atom stereocenters. The number of ether oxygens (including phenoxy) is 5. The summed E-state index contributed by atoms with van der Waals surface area (Å²) in [5, 5.41) is 19.4. The Morgan fingerprint density at radius 1 is 0.557 bits per heavy atom. The zero-order valence-electron chi connectivity index (χ0n) is 70.1. The average Bonchev–Trinajstić information content (AvgIpc) is 1.65. The third-order valence-electron chi connectivity index (χ3n) is 20.0. The van der Waals surface area contributed by atoms with Crippen LogP contribution in [0.2, 0.25) is 0 Å². The number of carbonyl (C=O) groups is 6. The highest BCUT2D eigenvalue weighted by molar-refractivity contribution is 6.14. The normalized spacial score (nSPS) is 16.9. The van der Waals surface area contributed by atoms with Crippen LogP contribution < -0.4 is 33.4 Å². The molecule has 0 radical (unpaired) electrons. The Bertz CT molecular complexity index is 5260. The molecule has 31 heteroatoms. The third-order valence-corrected chi connectivity index (χ3v) is 20.0. The van der Waals surface area contributed by atoms with Crippen LogP contribution in [0.25, 0.3) is 49.7 Å². The number of pyridine rings is 5. The van der Waals surface area contributed by atoms with Crippen LogP contribution in [0.3, 0.4) is 0 Å². The molecule has 0 spiro atoms. The number of aromatic carboxylic acids is 1. The minimum atomic E-state index is -1.33. The SMILES string of the molecule is CC(C)(C)OC(=O)NC1CC=C(c2c[nH]c3ncccc23)CC1.CC(C)(C)OC(=O)NC1CCC(=O)CC1.CO/C=C/C=C(C(=O)OC)C(=O)OC.NC1CCC(c2c[nH]c3ncccc23)CC1.NC1CCC(c2c[nH]c3ncccc23)CC1.NCc1ccc(F)c(F)c1.O=C(O)c1cccn(Cc2ccc(F)c(F)c2)c1=O.c1cnc2[nH]ccc2c1. The monoisotopic (exact) mass is 1680 g/mol. The van der Waals surface area contributed by atoms with Crippen LogP contribution in [0.4, 0.5) is 27.2 Å². The summed E-state index contributed by atoms with van der Waals surface area (Å²) in [6.07, 6.45) is 36.9. The molecule has 9 aromatic heterocycles. The van der Waals surface area contributed by atoms with E-state index >= 15 is 0 Å². The second kappa shape index (κ2) is 46.8. The number of rotatable bonds is 13. The standard InChI is InChI=1S/C18H23N3O2.C13H9F2NO3.2C13H17N3.C11H19NO3.C9H12O5.C7H7F2N.C7H6N2/c1-18(2,3)23-17(22)21-13-8-6-12(7-9-13)15-11-20-16-14(15)5-4-10-19-16;14-10-4-3-8(6-11(10)15)7-16-5-1-2-9(12(16)17)13(18)19;2*14-10-5-3-9(4-6-10)12-8-16-13-11(12)2-1-7-15-13;1-11(2,3)15-10(14)12-8-4-6-9(13)7-5-8;1-12-6-4-5-7(8(10)13-2)9(11)14-3;8-6-2-1-5(4-10)3-7(6)9;1-2-6-3-5-9-7(6)8-4-1/h4-6,10-11,13H,7-9H2,1-3H3,(H,19,20)(H,21,22);1-6H,7H2,(H,18,19);2*1-2,7-10H,3-6,14H2,(H,15,16);8H,4-7H2,1-3H3,(H,12,14);4-6H,1-3H3;1-3H,4,10H2;1-5H,(H,8,9)/b;;;;;6-4+;;. The van der Waals surface area contributed by atoms with Crippen molar-refractivity contribution < 1.29 is 75.1 Å². The summed E-state index contributed by atoms with van der Waals surface area (Å²) in [6, 6.07) is 28.8. The molecule has 9 heterocycles. The topological polar surface area (TPSA) is 408 Å². The number of carbonyl (C=O) groups excluding carboxylic acids is 5. The maximum absolute atomic E-state index is 13.0. The largest absolute Gasteiger partial charge is 0.504 e. The van der Waals surface area contributed by atoms with Gasteiger partial charge in [-0.2, -0.15) is 0 Å². The van der Waals surface area contributed by atoms with E-state index in [1.165, 1.54) is 129 Å². The Morgan fingerprint density at radius 2 is 1.03 bits per heavy atom. The first kappa shape index (κ1) is 94.9. The van der Waals surface area contributed by atoms with Crippen molar-refractivity contribution in [2.75, 3.05) is 21.3 Å². The van der Waals surface area contributed by atoms with Crippen LogP contribution in [-0.4, -0.2) is 142 Å². The van der Waals surface area contributed by atoms with Crippen LogP contribution in [0.5, 0.6) is 0 Å². The molecule has 4 aliphatic rings. The number of Topliss-reactive ketones (excluding diaryl/α,β-unsaturated/α-hetero) is 1. The molecular formula is C91H110F4N14O13. The van der Waals surface area contributed by atoms with E-state index in [1.807, 2.05) is 103 Å². The van der Waals surface area contributed by atoms with Crippen molar-refractivity contribution in [2.24, 2.45) is 17.2 Å². The number of nitrogens with one attached hydrogen (secondary N) is 6. The summed E-state index contributed by atoms with van der Waals surface area (Å²) in [5.41, 5.74) is 25.1. The maximum atomic E-state index is 13.0. The number of hydrogen-bond donors (Lipinski definition) is 10. The van der Waals surface area contributed by atoms with Crippen molar-refractivity contribution in [1.29, 1.82) is 0 Å². The fourth-order valence-corrected chi connectivity index (χ4v) is 13.8. The molecule has 2 amide bonds. The van der Waals surface area contributed by atoms with Crippen molar-refractivity contribution in [3.63, 3.8) is 0 Å². The molecule has 0 saturated heterocycles. The van der Waals surface area contributed by atoms with Gasteiger partial charge in [0.1, 0.15) is 50.7 Å². The summed E-state index contributed by atoms with van der Waals surface area (Å²) in [4.78, 5) is 109. The number of nitrogens with zero attached hydrogens (tertiary/aromatic N) is 5. The molecule has 3 fully saturated rings. The van der Waals surface area contributed by atoms with Crippen molar-refractivity contribution >= 4 is 85.6 Å². The number of methoxy groups -OCH3 is 3. The average molecular weight is 1680 g/mol. The zero-order chi connectivity index (χ0) is 88.5. The van der Waals surface area contributed by atoms with E-state index in [0.29, 0.717) is 47.9 Å². The number of nitrogens with two attached hydrogens (primary N) is 3. The second-order valence-electron chi connectivity index (χ2n) is 31.3. The quantitative estimate of drug-likeness (QED) is 0.00749. The number of ketones is 1. The molecule has 122 heavy (non-hydrogen) atoms. The number of H-pyrrole nitrogens is 4. The van der Waals surface area contributed by atoms with E-state index in [4.69, 9.17) is 31.8 Å². The van der Waals surface area contributed by atoms with Crippen LogP contribution in [0.1, 0.15) is 188 Å². The highest BCUT2D eigenvalue weighted by Crippen LogP contribution is 2.38. The molecule has 15 rings (SSSR count). The van der Waals surface area contributed by atoms with E-state index in [0.717, 1.165) is 120 Å². The van der Waals surface area contributed by atoms with Gasteiger partial charge >= 0.3 is 30.1 Å². The summed E-state index contributed by atoms with van der Waals surface area (Å²) < 4.78 is 75.3. The fourth-order valence-electron chi connectivity index (χ4n) is 13.8. The number of allylic oxidation sites excluding steroid dienone is 3. The van der Waals surface area contributed by atoms with Crippen LogP contribution in [0, 0.1) is 23.3 Å². The van der Waals surface area contributed by atoms with Gasteiger partial charge in [0.05, 0.1) is 34.1 Å². The number of carboxylic acid groups (broad SMARTS) is 1. The lowest BCUT2D eigenvalue weighted by molar-refractivity contribution is -0.144. The van der Waals surface area contributed by atoms with Gasteiger partial charge in [0.2, 0.25) is 0 Å². The third kappa shape index (κ3) is 30.0. The van der Waals surface area contributed by atoms with E-state index < -0.39 is 57.9 Å². The predicted molar refractivity (Wildman–Crippen MR) is 460 cm³/mol. The van der Waals surface area contributed by atoms with Gasteiger partial charge in [0.15, 0.2) is 23.3 Å². The van der Waals surface area contributed by atoms with Gasteiger partial charge in [-0.3, -0.25) is 9.59 Å². The first-order valence-electron chi connectivity index (χ1n) is 40.3. The number of carboxylic acids is 1. The zero-order valence-corrected chi connectivity index (χ0v) is 70.1. The number of aromatic nitrogens is 9. The summed E-state index contributed by atoms with van der Waals surface area (Å²) >= 11 is 0. The molecule has 2 aromatic carbocycles. The number of aromatic amines is 4. The van der Waals surface area contributed by atoms with Gasteiger partial charge in [-0.05, 0) is 268 Å². The van der Waals surface area contributed by atoms with Gasteiger partial charge in [-0.25, -0.2) is 61.5 Å². The highest BCUT2D eigenvalue weighted by atomic mass is 19.2. The Morgan fingerprint density at radius 3 is 1.51 bits per heavy atom. The van der Waals surface area contributed by atoms with Crippen molar-refractivity contribution in [1.82, 2.24) is 55.1 Å². The molecule has 11 aromatic rings. The molecule has 4 aliphatic carbocycles. The Labute approximate surface area is 705 Å². The lowest BCUT2D eigenvalue weighted by atomic mass is 9.82. The van der Waals surface area contributed by atoms with Gasteiger partial charge in [0.25, 0.3) is 5.56 Å². The lowest BCUT2D eigenvalue weighted by Crippen LogP contribution is -2.40. The predicted octanol–water partition coefficient (Wildman–Crippen LogP) is 16.4. The number of esters is 2. The lowest BCUT2D eigenvalue weighted by Gasteiger charge is -2.25. The summed E-state index contributed by atoms with van der Waals surface area (Å²) in [6.45, 7) is 11.3.